The Kier molecular flexibility index (Phi) is 6.63. The quantitative estimate of drug-likeness (QED) is 0.504. The zero-order chi connectivity index (χ0) is 25.4. The summed E-state index contributed by atoms with van der Waals surface area (Å²) >= 11 is 0. The van der Waals surface area contributed by atoms with Gasteiger partial charge in [0.2, 0.25) is 0 Å². The summed E-state index contributed by atoms with van der Waals surface area (Å²) in [4.78, 5) is 21.2. The Bertz CT molecular complexity index is 1280. The van der Waals surface area contributed by atoms with Gasteiger partial charge in [-0.05, 0) is 54.3 Å². The van der Waals surface area contributed by atoms with Crippen LogP contribution in [0.3, 0.4) is 0 Å². The summed E-state index contributed by atoms with van der Waals surface area (Å²) < 4.78 is 49.1. The van der Waals surface area contributed by atoms with Crippen LogP contribution in [0.25, 0.3) is 11.3 Å². The van der Waals surface area contributed by atoms with E-state index in [1.165, 1.54) is 12.3 Å². The first kappa shape index (κ1) is 24.5. The molecule has 3 heterocycles. The van der Waals surface area contributed by atoms with Crippen LogP contribution in [0.5, 0.6) is 0 Å². The van der Waals surface area contributed by atoms with Crippen LogP contribution >= 0.6 is 0 Å². The second kappa shape index (κ2) is 9.72. The van der Waals surface area contributed by atoms with E-state index in [2.05, 4.69) is 9.97 Å². The second-order valence-corrected chi connectivity index (χ2v) is 9.40. The number of Topliss-reactive ketones (excluding diaryl/α,β-unsaturated/α-hetero) is 1. The second-order valence-electron chi connectivity index (χ2n) is 9.40. The van der Waals surface area contributed by atoms with E-state index in [1.54, 1.807) is 12.3 Å². The summed E-state index contributed by atoms with van der Waals surface area (Å²) in [5.74, 6) is -3.44. The third kappa shape index (κ3) is 4.42. The predicted molar refractivity (Wildman–Crippen MR) is 123 cm³/mol. The molecule has 0 bridgehead atoms. The SMILES string of the molecule is O=C(Cc1cnccc1[C@@H]1C[C@H](O)[C@]2(O)CCCC[C@@H]2O1)c1ccc(F)c(-c2c(F)cccc2F)n1. The highest BCUT2D eigenvalue weighted by atomic mass is 19.1. The number of halogens is 3. The van der Waals surface area contributed by atoms with Crippen LogP contribution in [0.4, 0.5) is 13.2 Å². The number of hydrogen-bond donors (Lipinski definition) is 2. The van der Waals surface area contributed by atoms with Crippen LogP contribution in [0.1, 0.15) is 59.8 Å². The monoisotopic (exact) mass is 498 g/mol. The van der Waals surface area contributed by atoms with Crippen molar-refractivity contribution >= 4 is 5.78 Å². The molecule has 0 radical (unpaired) electrons. The van der Waals surface area contributed by atoms with Gasteiger partial charge in [-0.2, -0.15) is 0 Å². The maximum Gasteiger partial charge on any atom is 0.185 e. The Balaban J connectivity index is 1.42. The molecular weight excluding hydrogens is 473 g/mol. The van der Waals surface area contributed by atoms with Crippen LogP contribution in [0.15, 0.2) is 48.8 Å². The van der Waals surface area contributed by atoms with Gasteiger partial charge in [-0.15, -0.1) is 0 Å². The Morgan fingerprint density at radius 3 is 2.64 bits per heavy atom. The van der Waals surface area contributed by atoms with Gasteiger partial charge in [0.25, 0.3) is 0 Å². The first-order valence-electron chi connectivity index (χ1n) is 11.9. The van der Waals surface area contributed by atoms with Gasteiger partial charge in [0.15, 0.2) is 5.78 Å². The molecule has 6 nitrogen and oxygen atoms in total. The predicted octanol–water partition coefficient (Wildman–Crippen LogP) is 4.48. The normalized spacial score (nSPS) is 25.9. The Labute approximate surface area is 205 Å². The molecular formula is C27H25F3N2O4. The highest BCUT2D eigenvalue weighted by molar-refractivity contribution is 5.96. The third-order valence-corrected chi connectivity index (χ3v) is 7.16. The molecule has 1 aliphatic carbocycles. The van der Waals surface area contributed by atoms with Gasteiger partial charge in [0.05, 0.1) is 23.9 Å². The number of aliphatic hydroxyl groups excluding tert-OH is 1. The minimum absolute atomic E-state index is 0.156. The van der Waals surface area contributed by atoms with Gasteiger partial charge in [-0.1, -0.05) is 18.9 Å². The lowest BCUT2D eigenvalue weighted by atomic mass is 9.74. The van der Waals surface area contributed by atoms with E-state index in [9.17, 15) is 28.2 Å². The van der Waals surface area contributed by atoms with Gasteiger partial charge in [0, 0.05) is 25.2 Å². The molecule has 188 valence electrons. The number of aliphatic hydroxyl groups is 2. The molecule has 2 aliphatic rings. The van der Waals surface area contributed by atoms with E-state index in [0.29, 0.717) is 24.0 Å². The lowest BCUT2D eigenvalue weighted by Gasteiger charge is -2.49. The van der Waals surface area contributed by atoms with Crippen molar-refractivity contribution in [2.24, 2.45) is 0 Å². The molecule has 2 aromatic heterocycles. The Morgan fingerprint density at radius 1 is 1.08 bits per heavy atom. The molecule has 0 spiro atoms. The van der Waals surface area contributed by atoms with Crippen LogP contribution in [-0.4, -0.2) is 43.8 Å². The van der Waals surface area contributed by atoms with Crippen molar-refractivity contribution < 1.29 is 32.9 Å². The van der Waals surface area contributed by atoms with E-state index in [-0.39, 0.29) is 18.5 Å². The molecule has 3 aromatic rings. The number of carbonyl (C=O) groups excluding carboxylic acids is 1. The highest BCUT2D eigenvalue weighted by Gasteiger charge is 2.51. The molecule has 2 fully saturated rings. The summed E-state index contributed by atoms with van der Waals surface area (Å²) in [7, 11) is 0. The van der Waals surface area contributed by atoms with E-state index in [0.717, 1.165) is 37.1 Å². The molecule has 9 heteroatoms. The number of aromatic nitrogens is 2. The molecule has 4 atom stereocenters. The number of rotatable bonds is 5. The molecule has 0 amide bonds. The average molecular weight is 499 g/mol. The summed E-state index contributed by atoms with van der Waals surface area (Å²) in [6.07, 6.45) is 3.78. The summed E-state index contributed by atoms with van der Waals surface area (Å²) in [5, 5.41) is 21.7. The fourth-order valence-electron chi connectivity index (χ4n) is 5.24. The van der Waals surface area contributed by atoms with E-state index in [1.807, 2.05) is 0 Å². The molecule has 36 heavy (non-hydrogen) atoms. The first-order chi connectivity index (χ1) is 17.3. The van der Waals surface area contributed by atoms with E-state index >= 15 is 0 Å². The number of carbonyl (C=O) groups is 1. The molecule has 1 aromatic carbocycles. The van der Waals surface area contributed by atoms with Crippen LogP contribution in [0.2, 0.25) is 0 Å². The number of pyridine rings is 2. The molecule has 1 saturated heterocycles. The maximum atomic E-state index is 14.4. The lowest BCUT2D eigenvalue weighted by molar-refractivity contribution is -0.242. The Morgan fingerprint density at radius 2 is 1.86 bits per heavy atom. The number of nitrogens with zero attached hydrogens (tertiary/aromatic N) is 2. The molecule has 1 saturated carbocycles. The fourth-order valence-corrected chi connectivity index (χ4v) is 5.24. The van der Waals surface area contributed by atoms with Crippen molar-refractivity contribution in [3.8, 4) is 11.3 Å². The van der Waals surface area contributed by atoms with E-state index in [4.69, 9.17) is 4.74 Å². The van der Waals surface area contributed by atoms with Crippen molar-refractivity contribution in [3.63, 3.8) is 0 Å². The highest BCUT2D eigenvalue weighted by Crippen LogP contribution is 2.44. The standard InChI is InChI=1S/C27H25F3N2O4/c28-17-4-3-5-18(29)25(17)26-19(30)7-8-20(32-26)21(33)12-15-14-31-11-9-16(15)22-13-23(34)27(35)10-2-1-6-24(27)36-22/h3-5,7-9,11,14,22-24,34-35H,1-2,6,10,12-13H2/t22-,23-,24-,27+/m0/s1. The topological polar surface area (TPSA) is 92.5 Å². The van der Waals surface area contributed by atoms with Crippen molar-refractivity contribution in [2.75, 3.05) is 0 Å². The largest absolute Gasteiger partial charge is 0.390 e. The van der Waals surface area contributed by atoms with Gasteiger partial charge < -0.3 is 14.9 Å². The number of benzene rings is 1. The molecule has 5 rings (SSSR count). The van der Waals surface area contributed by atoms with Crippen molar-refractivity contribution in [1.29, 1.82) is 0 Å². The minimum atomic E-state index is -1.28. The van der Waals surface area contributed by atoms with Gasteiger partial charge in [-0.25, -0.2) is 18.2 Å². The van der Waals surface area contributed by atoms with Crippen LogP contribution in [-0.2, 0) is 11.2 Å². The molecule has 1 aliphatic heterocycles. The maximum absolute atomic E-state index is 14.4. The van der Waals surface area contributed by atoms with Crippen LogP contribution in [0, 0.1) is 17.5 Å². The lowest BCUT2D eigenvalue weighted by Crippen LogP contribution is -2.58. The van der Waals surface area contributed by atoms with Crippen molar-refractivity contribution in [1.82, 2.24) is 9.97 Å². The van der Waals surface area contributed by atoms with E-state index < -0.39 is 58.4 Å². The Hall–Kier alpha value is -3.14. The van der Waals surface area contributed by atoms with Crippen molar-refractivity contribution in [3.05, 3.63) is 83.1 Å². The smallest absolute Gasteiger partial charge is 0.185 e. The van der Waals surface area contributed by atoms with Gasteiger partial charge >= 0.3 is 0 Å². The summed E-state index contributed by atoms with van der Waals surface area (Å²) in [6.45, 7) is 0. The minimum Gasteiger partial charge on any atom is -0.390 e. The zero-order valence-electron chi connectivity index (χ0n) is 19.3. The number of fused-ring (bicyclic) bond motifs is 1. The fraction of sp³-hybridized carbons (Fsp3) is 0.370. The average Bonchev–Trinajstić information content (AvgIpc) is 2.86. The van der Waals surface area contributed by atoms with Crippen molar-refractivity contribution in [2.45, 2.75) is 62.4 Å². The number of ether oxygens (including phenoxy) is 1. The molecule has 0 unspecified atom stereocenters. The molecule has 2 N–H and O–H groups in total. The number of ketones is 1. The summed E-state index contributed by atoms with van der Waals surface area (Å²) in [5.41, 5.74) is -1.50. The van der Waals surface area contributed by atoms with Crippen LogP contribution < -0.4 is 0 Å². The third-order valence-electron chi connectivity index (χ3n) is 7.16. The van der Waals surface area contributed by atoms with Gasteiger partial charge in [0.1, 0.15) is 34.4 Å². The van der Waals surface area contributed by atoms with Gasteiger partial charge in [-0.3, -0.25) is 9.78 Å². The zero-order valence-corrected chi connectivity index (χ0v) is 19.3. The first-order valence-corrected chi connectivity index (χ1v) is 11.9. The number of hydrogen-bond acceptors (Lipinski definition) is 6. The summed E-state index contributed by atoms with van der Waals surface area (Å²) in [6, 6.07) is 6.95.